The summed E-state index contributed by atoms with van der Waals surface area (Å²) in [4.78, 5) is 37.4. The van der Waals surface area contributed by atoms with Crippen LogP contribution in [0.25, 0.3) is 0 Å². The average Bonchev–Trinajstić information content (AvgIpc) is 2.59. The zero-order chi connectivity index (χ0) is 23.9. The first-order valence-electron chi connectivity index (χ1n) is 11.8. The van der Waals surface area contributed by atoms with Crippen molar-refractivity contribution in [1.82, 2.24) is 10.6 Å². The molecule has 1 unspecified atom stereocenters. The van der Waals surface area contributed by atoms with E-state index in [0.717, 1.165) is 37.0 Å². The Morgan fingerprint density at radius 3 is 1.81 bits per heavy atom. The molecule has 4 aliphatic rings. The predicted octanol–water partition coefficient (Wildman–Crippen LogP) is 4.32. The number of amides is 2. The van der Waals surface area contributed by atoms with Crippen molar-refractivity contribution in [2.45, 2.75) is 91.2 Å². The topological polar surface area (TPSA) is 114 Å². The van der Waals surface area contributed by atoms with Gasteiger partial charge in [-0.25, -0.2) is 14.4 Å². The van der Waals surface area contributed by atoms with Gasteiger partial charge in [0.2, 0.25) is 0 Å². The van der Waals surface area contributed by atoms with E-state index in [0.29, 0.717) is 6.61 Å². The van der Waals surface area contributed by atoms with Crippen molar-refractivity contribution in [1.29, 1.82) is 0 Å². The van der Waals surface area contributed by atoms with Gasteiger partial charge in [0.25, 0.3) is 0 Å². The number of hydrogen-bond donors (Lipinski definition) is 3. The zero-order valence-electron chi connectivity index (χ0n) is 20.4. The molecule has 1 atom stereocenters. The van der Waals surface area contributed by atoms with Crippen molar-refractivity contribution in [3.05, 3.63) is 0 Å². The molecule has 8 nitrogen and oxygen atoms in total. The summed E-state index contributed by atoms with van der Waals surface area (Å²) in [6.45, 7) is 10.3. The Hall–Kier alpha value is -1.99. The van der Waals surface area contributed by atoms with E-state index < -0.39 is 34.7 Å². The maximum absolute atomic E-state index is 12.8. The minimum Gasteiger partial charge on any atom is -0.479 e. The lowest BCUT2D eigenvalue weighted by Crippen LogP contribution is -2.68. The van der Waals surface area contributed by atoms with Crippen LogP contribution in [0.15, 0.2) is 0 Å². The van der Waals surface area contributed by atoms with Crippen LogP contribution in [-0.2, 0) is 14.3 Å². The van der Waals surface area contributed by atoms with Crippen LogP contribution < -0.4 is 10.6 Å². The van der Waals surface area contributed by atoms with Crippen molar-refractivity contribution in [3.63, 3.8) is 0 Å². The molecule has 3 N–H and O–H groups in total. The fraction of sp³-hybridized carbons (Fsp3) is 0.875. The van der Waals surface area contributed by atoms with E-state index in [1.54, 1.807) is 41.5 Å². The number of hydrogen-bond acceptors (Lipinski definition) is 5. The van der Waals surface area contributed by atoms with Gasteiger partial charge in [0.15, 0.2) is 5.54 Å². The maximum Gasteiger partial charge on any atom is 0.408 e. The monoisotopic (exact) mass is 452 g/mol. The van der Waals surface area contributed by atoms with Crippen molar-refractivity contribution in [2.75, 3.05) is 13.2 Å². The molecular weight excluding hydrogens is 412 g/mol. The minimum absolute atomic E-state index is 0.0362. The first-order chi connectivity index (χ1) is 14.6. The van der Waals surface area contributed by atoms with Gasteiger partial charge in [-0.3, -0.25) is 0 Å². The Kier molecular flexibility index (Phi) is 6.48. The number of carbonyl (C=O) groups is 3. The number of carbonyl (C=O) groups excluding carboxylic acids is 2. The smallest absolute Gasteiger partial charge is 0.408 e. The van der Waals surface area contributed by atoms with E-state index in [1.165, 1.54) is 19.3 Å². The van der Waals surface area contributed by atoms with Crippen molar-refractivity contribution < 1.29 is 29.0 Å². The summed E-state index contributed by atoms with van der Waals surface area (Å²) in [7, 11) is 0. The Labute approximate surface area is 191 Å². The highest BCUT2D eigenvalue weighted by atomic mass is 16.6. The molecule has 8 heteroatoms. The molecule has 0 aromatic rings. The van der Waals surface area contributed by atoms with Crippen LogP contribution in [0.5, 0.6) is 0 Å². The van der Waals surface area contributed by atoms with Gasteiger partial charge in [-0.1, -0.05) is 20.8 Å². The molecule has 32 heavy (non-hydrogen) atoms. The maximum atomic E-state index is 12.8. The van der Waals surface area contributed by atoms with Gasteiger partial charge in [0.1, 0.15) is 5.60 Å². The third-order valence-electron chi connectivity index (χ3n) is 7.53. The van der Waals surface area contributed by atoms with Gasteiger partial charge >= 0.3 is 18.2 Å². The molecule has 182 valence electrons. The molecule has 0 aromatic heterocycles. The summed E-state index contributed by atoms with van der Waals surface area (Å²) in [5.41, 5.74) is -3.35. The second-order valence-electron chi connectivity index (χ2n) is 12.4. The quantitative estimate of drug-likeness (QED) is 0.553. The highest BCUT2D eigenvalue weighted by molar-refractivity contribution is 5.86. The predicted molar refractivity (Wildman–Crippen MR) is 119 cm³/mol. The second-order valence-corrected chi connectivity index (χ2v) is 12.4. The third kappa shape index (κ3) is 5.31. The van der Waals surface area contributed by atoms with E-state index in [1.807, 2.05) is 0 Å². The van der Waals surface area contributed by atoms with Crippen LogP contribution >= 0.6 is 0 Å². The largest absolute Gasteiger partial charge is 0.479 e. The zero-order valence-corrected chi connectivity index (χ0v) is 20.4. The highest BCUT2D eigenvalue weighted by Gasteiger charge is 2.53. The van der Waals surface area contributed by atoms with E-state index in [4.69, 9.17) is 9.47 Å². The van der Waals surface area contributed by atoms with Gasteiger partial charge in [-0.05, 0) is 82.5 Å². The number of carboxylic acids is 1. The van der Waals surface area contributed by atoms with E-state index in [-0.39, 0.29) is 12.0 Å². The fourth-order valence-electron chi connectivity index (χ4n) is 6.36. The number of ether oxygens (including phenoxy) is 2. The normalized spacial score (nSPS) is 30.9. The molecular formula is C24H40N2O6. The molecule has 2 amide bonds. The number of carboxylic acid groups (broad SMARTS) is 1. The Morgan fingerprint density at radius 2 is 1.41 bits per heavy atom. The summed E-state index contributed by atoms with van der Waals surface area (Å²) in [5, 5.41) is 15.2. The van der Waals surface area contributed by atoms with Gasteiger partial charge in [0, 0.05) is 5.41 Å². The van der Waals surface area contributed by atoms with Gasteiger partial charge in [-0.2, -0.15) is 0 Å². The van der Waals surface area contributed by atoms with Crippen LogP contribution in [0, 0.1) is 28.6 Å². The second kappa shape index (κ2) is 8.41. The summed E-state index contributed by atoms with van der Waals surface area (Å²) < 4.78 is 10.9. The molecule has 4 bridgehead atoms. The molecule has 0 saturated heterocycles. The third-order valence-corrected chi connectivity index (χ3v) is 7.53. The highest BCUT2D eigenvalue weighted by Crippen LogP contribution is 2.60. The van der Waals surface area contributed by atoms with E-state index >= 15 is 0 Å². The van der Waals surface area contributed by atoms with Gasteiger partial charge < -0.3 is 25.2 Å². The summed E-state index contributed by atoms with van der Waals surface area (Å²) in [5.74, 6) is 0.962. The molecule has 0 spiro atoms. The van der Waals surface area contributed by atoms with Crippen molar-refractivity contribution in [2.24, 2.45) is 28.6 Å². The first-order valence-corrected chi connectivity index (χ1v) is 11.8. The SMILES string of the molecule is CC(C)(C)OC(=O)NCC(NC(=O)OCC12CC3CC(CC(C3)C1)C2)(C(=O)O)C(C)(C)C. The minimum atomic E-state index is -1.76. The van der Waals surface area contributed by atoms with Gasteiger partial charge in [-0.15, -0.1) is 0 Å². The van der Waals surface area contributed by atoms with Crippen LogP contribution in [0.1, 0.15) is 80.1 Å². The summed E-state index contributed by atoms with van der Waals surface area (Å²) in [6, 6.07) is 0. The number of alkyl carbamates (subject to hydrolysis) is 2. The summed E-state index contributed by atoms with van der Waals surface area (Å²) in [6.07, 6.45) is 5.68. The summed E-state index contributed by atoms with van der Waals surface area (Å²) >= 11 is 0. The van der Waals surface area contributed by atoms with Crippen molar-refractivity contribution >= 4 is 18.2 Å². The number of rotatable bonds is 6. The lowest BCUT2D eigenvalue weighted by Gasteiger charge is -2.56. The average molecular weight is 453 g/mol. The van der Waals surface area contributed by atoms with Gasteiger partial charge in [0.05, 0.1) is 13.2 Å². The molecule has 4 rings (SSSR count). The van der Waals surface area contributed by atoms with E-state index in [9.17, 15) is 19.5 Å². The fourth-order valence-corrected chi connectivity index (χ4v) is 6.36. The Bertz CT molecular complexity index is 715. The first kappa shape index (κ1) is 24.6. The lowest BCUT2D eigenvalue weighted by molar-refractivity contribution is -0.149. The molecule has 4 aliphatic carbocycles. The van der Waals surface area contributed by atoms with Crippen LogP contribution in [0.2, 0.25) is 0 Å². The van der Waals surface area contributed by atoms with Crippen LogP contribution in [0.3, 0.4) is 0 Å². The molecule has 4 fully saturated rings. The molecule has 0 heterocycles. The van der Waals surface area contributed by atoms with E-state index in [2.05, 4.69) is 10.6 Å². The molecule has 0 aromatic carbocycles. The Balaban J connectivity index is 1.65. The number of nitrogens with one attached hydrogen (secondary N) is 2. The number of aliphatic carboxylic acids is 1. The van der Waals surface area contributed by atoms with Crippen molar-refractivity contribution in [3.8, 4) is 0 Å². The molecule has 0 radical (unpaired) electrons. The Morgan fingerprint density at radius 1 is 0.906 bits per heavy atom. The molecule has 4 saturated carbocycles. The van der Waals surface area contributed by atoms with Crippen LogP contribution in [-0.4, -0.2) is 47.6 Å². The lowest BCUT2D eigenvalue weighted by atomic mass is 9.50. The standard InChI is InChI=1S/C24H40N2O6/c1-21(2,3)24(18(27)28,13-25-19(29)32-22(4,5)6)26-20(30)31-14-23-10-15-7-16(11-23)9-17(8-15)12-23/h15-17H,7-14H2,1-6H3,(H,25,29)(H,26,30)(H,27,28). The van der Waals surface area contributed by atoms with Crippen LogP contribution in [0.4, 0.5) is 9.59 Å². The molecule has 0 aliphatic heterocycles.